The number of aromatic nitrogens is 2. The Morgan fingerprint density at radius 3 is 2.50 bits per heavy atom. The van der Waals surface area contributed by atoms with Gasteiger partial charge in [0.1, 0.15) is 6.73 Å². The van der Waals surface area contributed by atoms with E-state index in [2.05, 4.69) is 68.1 Å². The monoisotopic (exact) mass is 541 g/mol. The van der Waals surface area contributed by atoms with E-state index in [1.807, 2.05) is 15.8 Å². The molecule has 1 saturated carbocycles. The summed E-state index contributed by atoms with van der Waals surface area (Å²) >= 11 is 0. The molecule has 1 unspecified atom stereocenters. The molecule has 2 fully saturated rings. The minimum absolute atomic E-state index is 0.0945. The SMILES string of the molecule is COC(=O)N1C[C@@H](C)CC(c2ccnn2COCC[Si](C)(C)C)[C@@H]1COC1CCC(c2ccccc2)CC1. The average molecular weight is 542 g/mol. The number of benzene rings is 1. The second kappa shape index (κ2) is 13.3. The van der Waals surface area contributed by atoms with Crippen LogP contribution in [-0.2, 0) is 20.9 Å². The van der Waals surface area contributed by atoms with Crippen LogP contribution in [0.3, 0.4) is 0 Å². The predicted molar refractivity (Wildman–Crippen MR) is 153 cm³/mol. The maximum Gasteiger partial charge on any atom is 0.409 e. The van der Waals surface area contributed by atoms with Crippen molar-refractivity contribution >= 4 is 14.2 Å². The lowest BCUT2D eigenvalue weighted by molar-refractivity contribution is -0.0316. The third-order valence-electron chi connectivity index (χ3n) is 8.23. The molecule has 1 saturated heterocycles. The summed E-state index contributed by atoms with van der Waals surface area (Å²) in [6, 6.07) is 13.9. The second-order valence-corrected chi connectivity index (χ2v) is 18.1. The summed E-state index contributed by atoms with van der Waals surface area (Å²) in [6.07, 6.45) is 7.15. The number of methoxy groups -OCH3 is 1. The molecular formula is C30H47N3O4Si. The van der Waals surface area contributed by atoms with Crippen LogP contribution in [0.25, 0.3) is 0 Å². The number of likely N-dealkylation sites (tertiary alicyclic amines) is 1. The molecule has 2 aromatic rings. The molecule has 0 bridgehead atoms. The van der Waals surface area contributed by atoms with Crippen molar-refractivity contribution in [2.24, 2.45) is 5.92 Å². The van der Waals surface area contributed by atoms with Gasteiger partial charge in [0.15, 0.2) is 0 Å². The molecular weight excluding hydrogens is 494 g/mol. The number of piperidine rings is 1. The summed E-state index contributed by atoms with van der Waals surface area (Å²) in [5.41, 5.74) is 2.55. The summed E-state index contributed by atoms with van der Waals surface area (Å²) in [4.78, 5) is 14.8. The Labute approximate surface area is 229 Å². The summed E-state index contributed by atoms with van der Waals surface area (Å²) < 4.78 is 19.8. The third-order valence-corrected chi connectivity index (χ3v) is 9.93. The lowest BCUT2D eigenvalue weighted by Gasteiger charge is -2.43. The second-order valence-electron chi connectivity index (χ2n) is 12.5. The Morgan fingerprint density at radius 2 is 1.82 bits per heavy atom. The van der Waals surface area contributed by atoms with E-state index < -0.39 is 8.07 Å². The van der Waals surface area contributed by atoms with E-state index in [1.54, 1.807) is 0 Å². The van der Waals surface area contributed by atoms with Gasteiger partial charge in [-0.2, -0.15) is 5.10 Å². The molecule has 3 atom stereocenters. The van der Waals surface area contributed by atoms with E-state index in [0.29, 0.717) is 31.7 Å². The summed E-state index contributed by atoms with van der Waals surface area (Å²) in [6.45, 7) is 11.7. The molecule has 0 spiro atoms. The van der Waals surface area contributed by atoms with E-state index in [0.717, 1.165) is 50.4 Å². The van der Waals surface area contributed by atoms with Gasteiger partial charge < -0.3 is 19.1 Å². The Kier molecular flexibility index (Phi) is 10.1. The number of nitrogens with zero attached hydrogens (tertiary/aromatic N) is 3. The average Bonchev–Trinajstić information content (AvgIpc) is 3.38. The summed E-state index contributed by atoms with van der Waals surface area (Å²) in [5, 5.41) is 4.59. The van der Waals surface area contributed by atoms with E-state index in [9.17, 15) is 4.79 Å². The molecule has 0 radical (unpaired) electrons. The summed E-state index contributed by atoms with van der Waals surface area (Å²) in [7, 11) is 0.317. The van der Waals surface area contributed by atoms with Crippen LogP contribution in [-0.4, -0.2) is 67.9 Å². The molecule has 4 rings (SSSR count). The first kappa shape index (κ1) is 28.8. The Hall–Kier alpha value is -2.16. The largest absolute Gasteiger partial charge is 0.453 e. The van der Waals surface area contributed by atoms with Crippen LogP contribution in [0.4, 0.5) is 4.79 Å². The number of carbonyl (C=O) groups excluding carboxylic acids is 1. The topological polar surface area (TPSA) is 65.8 Å². The van der Waals surface area contributed by atoms with Crippen LogP contribution in [0.2, 0.25) is 25.7 Å². The molecule has 210 valence electrons. The zero-order valence-electron chi connectivity index (χ0n) is 24.0. The lowest BCUT2D eigenvalue weighted by Crippen LogP contribution is -2.53. The number of ether oxygens (including phenoxy) is 3. The molecule has 1 aromatic heterocycles. The first-order valence-electron chi connectivity index (χ1n) is 14.4. The highest BCUT2D eigenvalue weighted by Crippen LogP contribution is 2.38. The van der Waals surface area contributed by atoms with Crippen molar-refractivity contribution < 1.29 is 19.0 Å². The van der Waals surface area contributed by atoms with Crippen molar-refractivity contribution in [3.8, 4) is 0 Å². The number of hydrogen-bond donors (Lipinski definition) is 0. The molecule has 1 aliphatic carbocycles. The van der Waals surface area contributed by atoms with Crippen molar-refractivity contribution in [2.75, 3.05) is 26.9 Å². The van der Waals surface area contributed by atoms with Crippen LogP contribution in [0, 0.1) is 5.92 Å². The number of carbonyl (C=O) groups is 1. The quantitative estimate of drug-likeness (QED) is 0.254. The molecule has 2 aliphatic rings. The molecule has 1 aliphatic heterocycles. The number of hydrogen-bond acceptors (Lipinski definition) is 5. The first-order chi connectivity index (χ1) is 18.2. The van der Waals surface area contributed by atoms with Crippen molar-refractivity contribution in [2.45, 2.75) is 95.4 Å². The molecule has 1 aromatic carbocycles. The van der Waals surface area contributed by atoms with Gasteiger partial charge in [-0.3, -0.25) is 0 Å². The maximum absolute atomic E-state index is 12.9. The highest BCUT2D eigenvalue weighted by molar-refractivity contribution is 6.76. The molecule has 7 nitrogen and oxygen atoms in total. The maximum atomic E-state index is 12.9. The lowest BCUT2D eigenvalue weighted by atomic mass is 9.81. The van der Waals surface area contributed by atoms with Gasteiger partial charge in [-0.05, 0) is 61.6 Å². The zero-order chi connectivity index (χ0) is 27.1. The molecule has 1 amide bonds. The van der Waals surface area contributed by atoms with Crippen LogP contribution in [0.5, 0.6) is 0 Å². The van der Waals surface area contributed by atoms with Gasteiger partial charge >= 0.3 is 6.09 Å². The Morgan fingerprint density at radius 1 is 1.08 bits per heavy atom. The Balaban J connectivity index is 1.42. The van der Waals surface area contributed by atoms with E-state index in [-0.39, 0.29) is 24.2 Å². The molecule has 0 N–H and O–H groups in total. The standard InChI is InChI=1S/C30H47N3O4Si/c1-23-19-27(28-15-16-31-33(28)22-36-17-18-38(3,4)5)29(32(20-23)30(34)35-2)21-37-26-13-11-25(12-14-26)24-9-7-6-8-10-24/h6-10,15-16,23,25-27,29H,11-14,17-22H2,1-5H3/t23-,25?,26?,27?,29-/m0/s1. The van der Waals surface area contributed by atoms with Crippen molar-refractivity contribution in [3.05, 3.63) is 53.9 Å². The highest BCUT2D eigenvalue weighted by atomic mass is 28.3. The molecule has 8 heteroatoms. The van der Waals surface area contributed by atoms with Gasteiger partial charge in [0, 0.05) is 39.0 Å². The van der Waals surface area contributed by atoms with Crippen LogP contribution < -0.4 is 0 Å². The summed E-state index contributed by atoms with van der Waals surface area (Å²) in [5.74, 6) is 1.08. The third kappa shape index (κ3) is 7.70. The minimum Gasteiger partial charge on any atom is -0.453 e. The van der Waals surface area contributed by atoms with E-state index >= 15 is 0 Å². The van der Waals surface area contributed by atoms with Gasteiger partial charge in [-0.15, -0.1) is 0 Å². The van der Waals surface area contributed by atoms with Crippen LogP contribution in [0.1, 0.15) is 62.1 Å². The van der Waals surface area contributed by atoms with E-state index in [4.69, 9.17) is 14.2 Å². The van der Waals surface area contributed by atoms with Crippen LogP contribution in [0.15, 0.2) is 42.6 Å². The molecule has 38 heavy (non-hydrogen) atoms. The fourth-order valence-corrected chi connectivity index (χ4v) is 6.78. The van der Waals surface area contributed by atoms with Crippen molar-refractivity contribution in [1.29, 1.82) is 0 Å². The fourth-order valence-electron chi connectivity index (χ4n) is 6.02. The highest BCUT2D eigenvalue weighted by Gasteiger charge is 2.40. The van der Waals surface area contributed by atoms with Gasteiger partial charge in [0.05, 0.1) is 25.9 Å². The van der Waals surface area contributed by atoms with Gasteiger partial charge in [-0.1, -0.05) is 56.9 Å². The minimum atomic E-state index is -1.15. The first-order valence-corrected chi connectivity index (χ1v) is 18.1. The normalized spacial score (nSPS) is 26.3. The van der Waals surface area contributed by atoms with Gasteiger partial charge in [-0.25, -0.2) is 9.48 Å². The zero-order valence-corrected chi connectivity index (χ0v) is 25.0. The van der Waals surface area contributed by atoms with Gasteiger partial charge in [0.2, 0.25) is 0 Å². The van der Waals surface area contributed by atoms with Crippen molar-refractivity contribution in [3.63, 3.8) is 0 Å². The van der Waals surface area contributed by atoms with Gasteiger partial charge in [0.25, 0.3) is 0 Å². The van der Waals surface area contributed by atoms with Crippen LogP contribution >= 0.6 is 0 Å². The van der Waals surface area contributed by atoms with E-state index in [1.165, 1.54) is 12.7 Å². The predicted octanol–water partition coefficient (Wildman–Crippen LogP) is 6.50. The number of rotatable bonds is 10. The number of amides is 1. The smallest absolute Gasteiger partial charge is 0.409 e. The molecule has 2 heterocycles. The van der Waals surface area contributed by atoms with Crippen molar-refractivity contribution in [1.82, 2.24) is 14.7 Å². The Bertz CT molecular complexity index is 1000. The fraction of sp³-hybridized carbons (Fsp3) is 0.667.